The van der Waals surface area contributed by atoms with E-state index >= 15 is 4.39 Å². The maximum absolute atomic E-state index is 15.2. The molecular formula is C35H42FN7O3. The number of benzene rings is 1. The number of pyridine rings is 1. The van der Waals surface area contributed by atoms with Crippen LogP contribution < -0.4 is 15.8 Å². The highest BCUT2D eigenvalue weighted by Gasteiger charge is 2.60. The molecule has 3 N–H and O–H groups in total. The minimum absolute atomic E-state index is 0.0128. The van der Waals surface area contributed by atoms with Crippen molar-refractivity contribution < 1.29 is 18.7 Å². The standard InChI is InChI=1S/C35H42FN7O3/c1-19-26-11-9-21-15-28(42(31(21)39-26)12-6-4-5-7-23-17-35(23,36)34(45)38-19)32-40-27-14-22(16-29(46-3)30(27)41(32)2)33(44)43-18-25(37)20-8-10-24(43)13-20/h9,11,14-16,19-20,23-25H,4-8,10,12-13,17-18,37H2,1-3H3,(H,38,45)/t19-,20-,23-,24+,25+,35+/m1/s1. The molecule has 4 bridgehead atoms. The van der Waals surface area contributed by atoms with Gasteiger partial charge in [-0.05, 0) is 81.7 Å². The van der Waals surface area contributed by atoms with Crippen LogP contribution in [-0.4, -0.2) is 67.2 Å². The molecule has 10 nitrogen and oxygen atoms in total. The Kier molecular flexibility index (Phi) is 6.90. The molecule has 1 saturated heterocycles. The Balaban J connectivity index is 1.19. The van der Waals surface area contributed by atoms with Crippen LogP contribution in [0.25, 0.3) is 33.6 Å². The zero-order chi connectivity index (χ0) is 31.9. The van der Waals surface area contributed by atoms with Crippen LogP contribution in [0.3, 0.4) is 0 Å². The molecule has 8 rings (SSSR count). The van der Waals surface area contributed by atoms with Crippen molar-refractivity contribution in [3.8, 4) is 17.3 Å². The Hall–Kier alpha value is -3.99. The number of fused-ring (bicyclic) bond motifs is 5. The van der Waals surface area contributed by atoms with E-state index in [1.54, 1.807) is 7.11 Å². The summed E-state index contributed by atoms with van der Waals surface area (Å²) in [4.78, 5) is 38.8. The van der Waals surface area contributed by atoms with Gasteiger partial charge in [-0.3, -0.25) is 9.59 Å². The van der Waals surface area contributed by atoms with E-state index in [9.17, 15) is 9.59 Å². The molecule has 2 saturated carbocycles. The average molecular weight is 628 g/mol. The number of hydrogen-bond acceptors (Lipinski definition) is 6. The SMILES string of the molecule is COc1cc(C(=O)N2C[C@H](N)[C@@H]3CC[C@H]2C3)cc2nc(-c3cc4ccc5nc4n3CCCCC[C@@H]3C[C@@]3(F)C(=O)N[C@@H]5C)n(C)c12. The third kappa shape index (κ3) is 4.60. The summed E-state index contributed by atoms with van der Waals surface area (Å²) in [6.45, 7) is 3.16. The lowest BCUT2D eigenvalue weighted by molar-refractivity contribution is -0.128. The van der Waals surface area contributed by atoms with Gasteiger partial charge in [-0.15, -0.1) is 0 Å². The molecular weight excluding hydrogens is 585 g/mol. The number of likely N-dealkylation sites (tertiary alicyclic amines) is 1. The summed E-state index contributed by atoms with van der Waals surface area (Å²) < 4.78 is 25.3. The minimum Gasteiger partial charge on any atom is -0.494 e. The number of hydrogen-bond donors (Lipinski definition) is 2. The molecule has 2 amide bonds. The first kappa shape index (κ1) is 29.4. The Morgan fingerprint density at radius 1 is 1.13 bits per heavy atom. The normalized spacial score (nSPS) is 29.5. The smallest absolute Gasteiger partial charge is 0.258 e. The molecule has 4 aliphatic rings. The van der Waals surface area contributed by atoms with Crippen LogP contribution in [0.2, 0.25) is 0 Å². The van der Waals surface area contributed by atoms with Gasteiger partial charge in [-0.25, -0.2) is 14.4 Å². The number of rotatable bonds is 3. The second-order valence-corrected chi connectivity index (χ2v) is 14.0. The molecule has 0 spiro atoms. The maximum Gasteiger partial charge on any atom is 0.258 e. The fraction of sp³-hybridized carbons (Fsp3) is 0.543. The summed E-state index contributed by atoms with van der Waals surface area (Å²) in [7, 11) is 3.60. The second-order valence-electron chi connectivity index (χ2n) is 14.0. The van der Waals surface area contributed by atoms with Gasteiger partial charge in [0.25, 0.3) is 11.8 Å². The summed E-state index contributed by atoms with van der Waals surface area (Å²) in [6.07, 6.45) is 6.76. The second kappa shape index (κ2) is 10.8. The number of methoxy groups -OCH3 is 1. The van der Waals surface area contributed by atoms with Gasteiger partial charge < -0.3 is 29.8 Å². The minimum atomic E-state index is -1.75. The Labute approximate surface area is 267 Å². The number of nitrogens with one attached hydrogen (secondary N) is 1. The lowest BCUT2D eigenvalue weighted by Crippen LogP contribution is -2.51. The topological polar surface area (TPSA) is 120 Å². The first-order chi connectivity index (χ1) is 22.2. The van der Waals surface area contributed by atoms with Crippen LogP contribution in [0.15, 0.2) is 30.3 Å². The summed E-state index contributed by atoms with van der Waals surface area (Å²) in [5.74, 6) is 1.10. The number of aryl methyl sites for hydroxylation is 2. The number of nitrogens with zero attached hydrogens (tertiary/aromatic N) is 5. The number of piperidine rings is 1. The van der Waals surface area contributed by atoms with E-state index in [0.717, 1.165) is 73.1 Å². The highest BCUT2D eigenvalue weighted by molar-refractivity contribution is 6.00. The zero-order valence-electron chi connectivity index (χ0n) is 26.8. The molecule has 3 aromatic heterocycles. The van der Waals surface area contributed by atoms with Crippen LogP contribution in [0.5, 0.6) is 5.75 Å². The molecule has 0 unspecified atom stereocenters. The zero-order valence-corrected chi connectivity index (χ0v) is 26.8. The number of alkyl halides is 1. The van der Waals surface area contributed by atoms with E-state index in [4.69, 9.17) is 20.4 Å². The number of carbonyl (C=O) groups is 2. The van der Waals surface area contributed by atoms with Gasteiger partial charge in [0.05, 0.1) is 30.1 Å². The first-order valence-electron chi connectivity index (χ1n) is 16.8. The molecule has 242 valence electrons. The molecule has 11 heteroatoms. The van der Waals surface area contributed by atoms with Crippen molar-refractivity contribution in [2.75, 3.05) is 13.7 Å². The number of amides is 2. The van der Waals surface area contributed by atoms with E-state index in [-0.39, 0.29) is 23.9 Å². The van der Waals surface area contributed by atoms with Gasteiger partial charge in [0, 0.05) is 49.1 Å². The molecule has 5 heterocycles. The molecule has 2 aliphatic heterocycles. The number of carbonyl (C=O) groups excluding carboxylic acids is 2. The number of halogens is 1. The quantitative estimate of drug-likeness (QED) is 0.329. The highest BCUT2D eigenvalue weighted by atomic mass is 19.1. The third-order valence-corrected chi connectivity index (χ3v) is 11.2. The predicted octanol–water partition coefficient (Wildman–Crippen LogP) is 5.03. The molecule has 4 aromatic rings. The van der Waals surface area contributed by atoms with E-state index < -0.39 is 17.6 Å². The van der Waals surface area contributed by atoms with Gasteiger partial charge in [0.1, 0.15) is 16.9 Å². The van der Waals surface area contributed by atoms with Crippen molar-refractivity contribution in [2.45, 2.75) is 88.6 Å². The van der Waals surface area contributed by atoms with Crippen LogP contribution in [0, 0.1) is 11.8 Å². The van der Waals surface area contributed by atoms with Gasteiger partial charge in [0.2, 0.25) is 0 Å². The Morgan fingerprint density at radius 2 is 1.98 bits per heavy atom. The monoisotopic (exact) mass is 627 g/mol. The molecule has 46 heavy (non-hydrogen) atoms. The number of nitrogens with two attached hydrogens (primary N) is 1. The van der Waals surface area contributed by atoms with E-state index in [2.05, 4.69) is 16.0 Å². The van der Waals surface area contributed by atoms with Crippen LogP contribution >= 0.6 is 0 Å². The first-order valence-corrected chi connectivity index (χ1v) is 16.8. The van der Waals surface area contributed by atoms with E-state index in [1.165, 1.54) is 0 Å². The average Bonchev–Trinajstić information content (AvgIpc) is 3.33. The molecule has 3 fully saturated rings. The Bertz CT molecular complexity index is 1880. The number of imidazole rings is 1. The van der Waals surface area contributed by atoms with Crippen molar-refractivity contribution in [3.63, 3.8) is 0 Å². The van der Waals surface area contributed by atoms with Crippen LogP contribution in [0.1, 0.15) is 80.4 Å². The van der Waals surface area contributed by atoms with E-state index in [0.29, 0.717) is 47.8 Å². The van der Waals surface area contributed by atoms with Crippen molar-refractivity contribution >= 4 is 33.9 Å². The maximum atomic E-state index is 15.2. The number of aromatic nitrogens is 4. The molecule has 2 aliphatic carbocycles. The van der Waals surface area contributed by atoms with Crippen LogP contribution in [0.4, 0.5) is 4.39 Å². The molecule has 0 radical (unpaired) electrons. The molecule has 6 atom stereocenters. The molecule has 1 aromatic carbocycles. The third-order valence-electron chi connectivity index (χ3n) is 11.2. The lowest BCUT2D eigenvalue weighted by Gasteiger charge is -2.37. The van der Waals surface area contributed by atoms with Gasteiger partial charge in [0.15, 0.2) is 11.5 Å². The van der Waals surface area contributed by atoms with Gasteiger partial charge in [-0.1, -0.05) is 12.8 Å². The highest BCUT2D eigenvalue weighted by Crippen LogP contribution is 2.51. The summed E-state index contributed by atoms with van der Waals surface area (Å²) >= 11 is 0. The largest absolute Gasteiger partial charge is 0.494 e. The van der Waals surface area contributed by atoms with Crippen molar-refractivity contribution in [1.82, 2.24) is 29.3 Å². The van der Waals surface area contributed by atoms with Gasteiger partial charge in [-0.2, -0.15) is 0 Å². The Morgan fingerprint density at radius 3 is 2.80 bits per heavy atom. The van der Waals surface area contributed by atoms with Crippen molar-refractivity contribution in [2.24, 2.45) is 24.6 Å². The number of ether oxygens (including phenoxy) is 1. The summed E-state index contributed by atoms with van der Waals surface area (Å²) in [5, 5.41) is 3.84. The lowest BCUT2D eigenvalue weighted by atomic mass is 9.94. The van der Waals surface area contributed by atoms with Crippen molar-refractivity contribution in [3.05, 3.63) is 41.6 Å². The van der Waals surface area contributed by atoms with Crippen LogP contribution in [-0.2, 0) is 18.4 Å². The predicted molar refractivity (Wildman–Crippen MR) is 173 cm³/mol. The fourth-order valence-electron chi connectivity index (χ4n) is 8.35. The van der Waals surface area contributed by atoms with Crippen molar-refractivity contribution in [1.29, 1.82) is 0 Å². The fourth-order valence-corrected chi connectivity index (χ4v) is 8.35. The summed E-state index contributed by atoms with van der Waals surface area (Å²) in [6, 6.07) is 9.54. The summed E-state index contributed by atoms with van der Waals surface area (Å²) in [5.41, 5.74) is 9.16. The van der Waals surface area contributed by atoms with E-state index in [1.807, 2.05) is 47.7 Å². The van der Waals surface area contributed by atoms with Gasteiger partial charge >= 0.3 is 0 Å².